The van der Waals surface area contributed by atoms with Crippen LogP contribution >= 0.6 is 0 Å². The molecule has 1 heterocycles. The molecule has 4 rings (SSSR count). The third-order valence-corrected chi connectivity index (χ3v) is 5.88. The van der Waals surface area contributed by atoms with E-state index in [9.17, 15) is 19.7 Å². The van der Waals surface area contributed by atoms with Crippen LogP contribution in [0.2, 0.25) is 0 Å². The summed E-state index contributed by atoms with van der Waals surface area (Å²) in [4.78, 5) is 37.2. The lowest BCUT2D eigenvalue weighted by Crippen LogP contribution is -2.45. The lowest BCUT2D eigenvalue weighted by Gasteiger charge is -2.31. The van der Waals surface area contributed by atoms with Gasteiger partial charge in [0.05, 0.1) is 16.2 Å². The van der Waals surface area contributed by atoms with Crippen LogP contribution < -0.4 is 0 Å². The molecule has 1 aliphatic heterocycles. The summed E-state index contributed by atoms with van der Waals surface area (Å²) in [6.45, 7) is 5.75. The normalized spacial score (nSPS) is 20.1. The highest BCUT2D eigenvalue weighted by Gasteiger charge is 2.56. The highest BCUT2D eigenvalue weighted by molar-refractivity contribution is 6.21. The van der Waals surface area contributed by atoms with Crippen LogP contribution in [0.4, 0.5) is 5.69 Å². The zero-order valence-electron chi connectivity index (χ0n) is 18.8. The molecule has 33 heavy (non-hydrogen) atoms. The van der Waals surface area contributed by atoms with Gasteiger partial charge in [-0.25, -0.2) is 9.80 Å². The third-order valence-electron chi connectivity index (χ3n) is 5.88. The quantitative estimate of drug-likeness (QED) is 0.384. The van der Waals surface area contributed by atoms with E-state index in [1.165, 1.54) is 17.1 Å². The first-order valence-electron chi connectivity index (χ1n) is 10.7. The number of nitro groups is 1. The summed E-state index contributed by atoms with van der Waals surface area (Å²) in [5, 5.41) is 17.4. The van der Waals surface area contributed by atoms with E-state index in [1.54, 1.807) is 18.2 Å². The van der Waals surface area contributed by atoms with Gasteiger partial charge >= 0.3 is 5.97 Å². The maximum absolute atomic E-state index is 13.6. The van der Waals surface area contributed by atoms with Crippen molar-refractivity contribution in [2.75, 3.05) is 0 Å². The average Bonchev–Trinajstić information content (AvgIpc) is 3.35. The minimum atomic E-state index is -1.09. The number of carbonyl (C=O) groups is 2. The Morgan fingerprint density at radius 2 is 1.91 bits per heavy atom. The topological polar surface area (TPSA) is 102 Å². The first-order valence-corrected chi connectivity index (χ1v) is 10.7. The number of esters is 1. The van der Waals surface area contributed by atoms with Crippen LogP contribution in [0.15, 0.2) is 71.3 Å². The van der Waals surface area contributed by atoms with Crippen LogP contribution in [0.3, 0.4) is 0 Å². The van der Waals surface area contributed by atoms with Gasteiger partial charge in [0.1, 0.15) is 12.0 Å². The Kier molecular flexibility index (Phi) is 5.61. The standard InChI is InChI=1S/C25H25N3O5/c1-24(2,3)27-23(30)25(21(26-27)18-10-7-11-20(14-18)28(31)32)13-12-19(15-25)22(29)33-16-17-8-5-4-6-9-17/h4-12,14H,13,15-16H2,1-3H3/t25-/m1/s1. The van der Waals surface area contributed by atoms with Crippen molar-refractivity contribution < 1.29 is 19.2 Å². The molecular weight excluding hydrogens is 422 g/mol. The summed E-state index contributed by atoms with van der Waals surface area (Å²) in [6, 6.07) is 15.5. The molecule has 2 aromatic rings. The van der Waals surface area contributed by atoms with Gasteiger partial charge in [0, 0.05) is 23.3 Å². The first kappa shape index (κ1) is 22.4. The summed E-state index contributed by atoms with van der Waals surface area (Å²) in [5.74, 6) is -0.699. The van der Waals surface area contributed by atoms with E-state index >= 15 is 0 Å². The van der Waals surface area contributed by atoms with Crippen molar-refractivity contribution in [3.05, 3.63) is 87.5 Å². The molecule has 2 aromatic carbocycles. The molecule has 0 bridgehead atoms. The van der Waals surface area contributed by atoms with Crippen molar-refractivity contribution in [1.82, 2.24) is 5.01 Å². The van der Waals surface area contributed by atoms with Gasteiger partial charge in [0.25, 0.3) is 11.6 Å². The second kappa shape index (κ2) is 8.27. The van der Waals surface area contributed by atoms with Crippen LogP contribution in [0, 0.1) is 15.5 Å². The summed E-state index contributed by atoms with van der Waals surface area (Å²) in [5.41, 5.74) is 0.444. The Morgan fingerprint density at radius 3 is 2.58 bits per heavy atom. The number of benzene rings is 2. The van der Waals surface area contributed by atoms with Gasteiger partial charge in [-0.2, -0.15) is 5.10 Å². The van der Waals surface area contributed by atoms with E-state index in [0.29, 0.717) is 16.8 Å². The smallest absolute Gasteiger partial charge is 0.334 e. The number of nitro benzene ring substituents is 1. The fraction of sp³-hybridized carbons (Fsp3) is 0.320. The number of nitrogens with zero attached hydrogens (tertiary/aromatic N) is 3. The van der Waals surface area contributed by atoms with E-state index in [2.05, 4.69) is 5.10 Å². The molecule has 0 radical (unpaired) electrons. The van der Waals surface area contributed by atoms with Crippen molar-refractivity contribution >= 4 is 23.3 Å². The molecule has 1 spiro atoms. The van der Waals surface area contributed by atoms with Gasteiger partial charge in [-0.1, -0.05) is 48.5 Å². The Hall–Kier alpha value is -3.81. The number of allylic oxidation sites excluding steroid dienone is 1. The molecule has 0 saturated heterocycles. The lowest BCUT2D eigenvalue weighted by molar-refractivity contribution is -0.384. The molecule has 8 heteroatoms. The molecule has 170 valence electrons. The highest BCUT2D eigenvalue weighted by Crippen LogP contribution is 2.48. The molecule has 1 amide bonds. The lowest BCUT2D eigenvalue weighted by atomic mass is 9.76. The van der Waals surface area contributed by atoms with E-state index < -0.39 is 21.8 Å². The van der Waals surface area contributed by atoms with Gasteiger partial charge in [0.15, 0.2) is 0 Å². The Labute approximate surface area is 191 Å². The molecule has 8 nitrogen and oxygen atoms in total. The van der Waals surface area contributed by atoms with Crippen molar-refractivity contribution in [2.45, 2.75) is 45.8 Å². The SMILES string of the molecule is CC(C)(C)N1N=C(c2cccc([N+](=O)[O-])c2)[C@]2(CC=C(C(=O)OCc3ccccc3)C2)C1=O. The van der Waals surface area contributed by atoms with E-state index in [4.69, 9.17) is 4.74 Å². The van der Waals surface area contributed by atoms with Crippen LogP contribution in [-0.2, 0) is 20.9 Å². The zero-order valence-corrected chi connectivity index (χ0v) is 18.8. The largest absolute Gasteiger partial charge is 0.457 e. The van der Waals surface area contributed by atoms with Gasteiger partial charge in [-0.15, -0.1) is 0 Å². The third kappa shape index (κ3) is 4.16. The Bertz CT molecular complexity index is 1180. The minimum Gasteiger partial charge on any atom is -0.457 e. The Morgan fingerprint density at radius 1 is 1.18 bits per heavy atom. The number of hydrogen-bond acceptors (Lipinski definition) is 6. The fourth-order valence-corrected chi connectivity index (χ4v) is 4.18. The summed E-state index contributed by atoms with van der Waals surface area (Å²) < 4.78 is 5.47. The predicted octanol–water partition coefficient (Wildman–Crippen LogP) is 4.39. The molecule has 0 fully saturated rings. The maximum atomic E-state index is 13.6. The summed E-state index contributed by atoms with van der Waals surface area (Å²) in [7, 11) is 0. The predicted molar refractivity (Wildman–Crippen MR) is 122 cm³/mol. The minimum absolute atomic E-state index is 0.0829. The fourth-order valence-electron chi connectivity index (χ4n) is 4.18. The van der Waals surface area contributed by atoms with Crippen LogP contribution in [0.1, 0.15) is 44.7 Å². The zero-order chi connectivity index (χ0) is 23.8. The van der Waals surface area contributed by atoms with E-state index in [0.717, 1.165) is 5.56 Å². The molecule has 1 atom stereocenters. The second-order valence-electron chi connectivity index (χ2n) is 9.30. The molecule has 0 unspecified atom stereocenters. The second-order valence-corrected chi connectivity index (χ2v) is 9.30. The molecule has 0 aromatic heterocycles. The molecule has 1 aliphatic carbocycles. The van der Waals surface area contributed by atoms with Gasteiger partial charge in [-0.05, 0) is 39.2 Å². The van der Waals surface area contributed by atoms with Crippen molar-refractivity contribution in [2.24, 2.45) is 10.5 Å². The maximum Gasteiger partial charge on any atom is 0.334 e. The van der Waals surface area contributed by atoms with Crippen LogP contribution in [0.25, 0.3) is 0 Å². The van der Waals surface area contributed by atoms with Gasteiger partial charge < -0.3 is 4.74 Å². The van der Waals surface area contributed by atoms with E-state index in [-0.39, 0.29) is 31.0 Å². The van der Waals surface area contributed by atoms with Crippen LogP contribution in [0.5, 0.6) is 0 Å². The average molecular weight is 447 g/mol. The number of rotatable bonds is 5. The molecular formula is C25H25N3O5. The molecule has 0 N–H and O–H groups in total. The van der Waals surface area contributed by atoms with Gasteiger partial charge in [-0.3, -0.25) is 14.9 Å². The number of ether oxygens (including phenoxy) is 1. The molecule has 0 saturated carbocycles. The summed E-state index contributed by atoms with van der Waals surface area (Å²) >= 11 is 0. The summed E-state index contributed by atoms with van der Waals surface area (Å²) in [6.07, 6.45) is 2.13. The van der Waals surface area contributed by atoms with Crippen molar-refractivity contribution in [3.8, 4) is 0 Å². The Balaban J connectivity index is 1.63. The number of carbonyl (C=O) groups excluding carboxylic acids is 2. The molecule has 2 aliphatic rings. The number of hydrogen-bond donors (Lipinski definition) is 0. The number of amides is 1. The van der Waals surface area contributed by atoms with Crippen LogP contribution in [-0.4, -0.2) is 33.1 Å². The van der Waals surface area contributed by atoms with Crippen molar-refractivity contribution in [3.63, 3.8) is 0 Å². The number of hydrazone groups is 1. The van der Waals surface area contributed by atoms with Crippen molar-refractivity contribution in [1.29, 1.82) is 0 Å². The monoisotopic (exact) mass is 447 g/mol. The van der Waals surface area contributed by atoms with E-state index in [1.807, 2.05) is 51.1 Å². The first-order chi connectivity index (χ1) is 15.6. The highest BCUT2D eigenvalue weighted by atomic mass is 16.6. The van der Waals surface area contributed by atoms with Gasteiger partial charge in [0.2, 0.25) is 0 Å². The number of non-ortho nitro benzene ring substituents is 1.